The molecule has 0 bridgehead atoms. The number of methoxy groups -OCH3 is 1. The van der Waals surface area contributed by atoms with E-state index in [1.807, 2.05) is 30.3 Å². The number of rotatable bonds is 4. The van der Waals surface area contributed by atoms with E-state index in [-0.39, 0.29) is 30.1 Å². The van der Waals surface area contributed by atoms with Crippen LogP contribution in [0.15, 0.2) is 36.5 Å². The van der Waals surface area contributed by atoms with Gasteiger partial charge in [0.05, 0.1) is 36.6 Å². The Morgan fingerprint density at radius 2 is 2.18 bits per heavy atom. The average molecular weight is 464 g/mol. The highest BCUT2D eigenvalue weighted by Gasteiger charge is 2.55. The van der Waals surface area contributed by atoms with Gasteiger partial charge < -0.3 is 20.3 Å². The van der Waals surface area contributed by atoms with E-state index in [1.54, 1.807) is 11.1 Å². The molecule has 3 fully saturated rings. The summed E-state index contributed by atoms with van der Waals surface area (Å²) in [6.45, 7) is 1.61. The molecule has 34 heavy (non-hydrogen) atoms. The molecule has 3 atom stereocenters. The van der Waals surface area contributed by atoms with Crippen LogP contribution in [-0.2, 0) is 9.53 Å². The van der Waals surface area contributed by atoms with E-state index in [0.29, 0.717) is 38.9 Å². The van der Waals surface area contributed by atoms with E-state index < -0.39 is 5.54 Å². The van der Waals surface area contributed by atoms with Crippen LogP contribution in [0.1, 0.15) is 25.7 Å². The lowest BCUT2D eigenvalue weighted by atomic mass is 9.81. The monoisotopic (exact) mass is 463 g/mol. The quantitative estimate of drug-likeness (QED) is 0.628. The number of pyridine rings is 1. The molecule has 0 aliphatic carbocycles. The van der Waals surface area contributed by atoms with E-state index in [4.69, 9.17) is 4.74 Å². The minimum absolute atomic E-state index is 0.00492. The van der Waals surface area contributed by atoms with Crippen molar-refractivity contribution in [2.24, 2.45) is 5.92 Å². The lowest BCUT2D eigenvalue weighted by Crippen LogP contribution is -2.62. The number of hydrogen-bond acceptors (Lipinski definition) is 8. The molecule has 0 radical (unpaired) electrons. The molecule has 4 heterocycles. The zero-order chi connectivity index (χ0) is 23.7. The molecule has 0 saturated carbocycles. The van der Waals surface area contributed by atoms with Crippen molar-refractivity contribution < 1.29 is 14.3 Å². The minimum atomic E-state index is -0.469. The molecule has 0 spiro atoms. The van der Waals surface area contributed by atoms with Crippen LogP contribution in [0.5, 0.6) is 0 Å². The van der Waals surface area contributed by atoms with Crippen LogP contribution in [0.2, 0.25) is 0 Å². The maximum absolute atomic E-state index is 13.0. The SMILES string of the molecule is COC(=O)N1CCC(CC#N)(N2NC(Nc3ccc4ncccc4c3)C3C(=O)NCCC32)CC1. The number of fused-ring (bicyclic) bond motifs is 2. The Kier molecular flexibility index (Phi) is 5.98. The molecule has 3 aliphatic heterocycles. The van der Waals surface area contributed by atoms with Gasteiger partial charge in [-0.15, -0.1) is 0 Å². The summed E-state index contributed by atoms with van der Waals surface area (Å²) in [6.07, 6.45) is 3.45. The number of ether oxygens (including phenoxy) is 1. The summed E-state index contributed by atoms with van der Waals surface area (Å²) >= 11 is 0. The van der Waals surface area contributed by atoms with Crippen LogP contribution in [-0.4, -0.2) is 71.4 Å². The van der Waals surface area contributed by atoms with E-state index in [1.165, 1.54) is 7.11 Å². The minimum Gasteiger partial charge on any atom is -0.453 e. The number of anilines is 1. The van der Waals surface area contributed by atoms with Crippen LogP contribution in [0.3, 0.4) is 0 Å². The van der Waals surface area contributed by atoms with Crippen LogP contribution >= 0.6 is 0 Å². The van der Waals surface area contributed by atoms with Crippen molar-refractivity contribution >= 4 is 28.6 Å². The topological polar surface area (TPSA) is 123 Å². The number of nitrogens with zero attached hydrogens (tertiary/aromatic N) is 4. The Morgan fingerprint density at radius 3 is 2.94 bits per heavy atom. The summed E-state index contributed by atoms with van der Waals surface area (Å²) in [5, 5.41) is 19.4. The molecule has 3 unspecified atom stereocenters. The van der Waals surface area contributed by atoms with Gasteiger partial charge in [-0.2, -0.15) is 5.26 Å². The molecular formula is C24H29N7O3. The lowest BCUT2D eigenvalue weighted by molar-refractivity contribution is -0.128. The highest BCUT2D eigenvalue weighted by molar-refractivity contribution is 5.84. The third-order valence-electron chi connectivity index (χ3n) is 7.40. The summed E-state index contributed by atoms with van der Waals surface area (Å²) in [5.74, 6) is -0.308. The molecule has 178 valence electrons. The van der Waals surface area contributed by atoms with E-state index in [0.717, 1.165) is 23.0 Å². The van der Waals surface area contributed by atoms with E-state index >= 15 is 0 Å². The van der Waals surface area contributed by atoms with Crippen molar-refractivity contribution in [3.63, 3.8) is 0 Å². The van der Waals surface area contributed by atoms with E-state index in [9.17, 15) is 14.9 Å². The highest BCUT2D eigenvalue weighted by Crippen LogP contribution is 2.40. The number of hydrazine groups is 1. The third-order valence-corrected chi connectivity index (χ3v) is 7.40. The van der Waals surface area contributed by atoms with Crippen molar-refractivity contribution in [2.45, 2.75) is 43.4 Å². The first-order valence-electron chi connectivity index (χ1n) is 11.7. The van der Waals surface area contributed by atoms with Crippen LogP contribution in [0.4, 0.5) is 10.5 Å². The Morgan fingerprint density at radius 1 is 1.35 bits per heavy atom. The van der Waals surface area contributed by atoms with Gasteiger partial charge in [0.15, 0.2) is 0 Å². The predicted octanol–water partition coefficient (Wildman–Crippen LogP) is 1.81. The molecule has 10 heteroatoms. The van der Waals surface area contributed by atoms with Gasteiger partial charge in [0.25, 0.3) is 0 Å². The molecular weight excluding hydrogens is 434 g/mol. The van der Waals surface area contributed by atoms with E-state index in [2.05, 4.69) is 32.1 Å². The van der Waals surface area contributed by atoms with Gasteiger partial charge in [0.2, 0.25) is 5.91 Å². The second-order valence-electron chi connectivity index (χ2n) is 9.22. The molecule has 3 aliphatic rings. The number of benzene rings is 1. The summed E-state index contributed by atoms with van der Waals surface area (Å²) in [4.78, 5) is 31.1. The van der Waals surface area contributed by atoms with Gasteiger partial charge >= 0.3 is 6.09 Å². The Labute approximate surface area is 198 Å². The van der Waals surface area contributed by atoms with Gasteiger partial charge in [-0.25, -0.2) is 15.2 Å². The van der Waals surface area contributed by atoms with Crippen LogP contribution in [0.25, 0.3) is 10.9 Å². The number of carbonyl (C=O) groups is 2. The molecule has 10 nitrogen and oxygen atoms in total. The molecule has 5 rings (SSSR count). The smallest absolute Gasteiger partial charge is 0.409 e. The summed E-state index contributed by atoms with van der Waals surface area (Å²) < 4.78 is 4.88. The number of piperidine rings is 2. The Hall–Kier alpha value is -3.42. The zero-order valence-corrected chi connectivity index (χ0v) is 19.2. The van der Waals surface area contributed by atoms with Crippen molar-refractivity contribution in [1.82, 2.24) is 25.6 Å². The highest BCUT2D eigenvalue weighted by atomic mass is 16.5. The second kappa shape index (κ2) is 9.08. The number of carbonyl (C=O) groups excluding carboxylic acids is 2. The first-order chi connectivity index (χ1) is 16.5. The molecule has 2 amide bonds. The number of likely N-dealkylation sites (tertiary alicyclic amines) is 1. The standard InChI is InChI=1S/C24H29N7O3/c1-34-23(33)30-13-8-24(7-10-25,9-14-30)31-19-6-12-27-22(32)20(19)21(29-31)28-17-4-5-18-16(15-17)3-2-11-26-18/h2-5,11,15,19-21,28-29H,6-9,12-14H2,1H3,(H,27,32). The molecule has 3 saturated heterocycles. The average Bonchev–Trinajstić information content (AvgIpc) is 3.24. The number of nitriles is 1. The van der Waals surface area contributed by atoms with Crippen molar-refractivity contribution in [3.8, 4) is 6.07 Å². The summed E-state index contributed by atoms with van der Waals surface area (Å²) in [5.41, 5.74) is 4.91. The fourth-order valence-corrected chi connectivity index (χ4v) is 5.64. The predicted molar refractivity (Wildman–Crippen MR) is 125 cm³/mol. The third kappa shape index (κ3) is 3.91. The zero-order valence-electron chi connectivity index (χ0n) is 19.2. The largest absolute Gasteiger partial charge is 0.453 e. The number of hydrogen-bond donors (Lipinski definition) is 3. The molecule has 2 aromatic rings. The van der Waals surface area contributed by atoms with Crippen molar-refractivity contribution in [2.75, 3.05) is 32.1 Å². The Bertz CT molecular complexity index is 1120. The lowest BCUT2D eigenvalue weighted by Gasteiger charge is -2.48. The van der Waals surface area contributed by atoms with Crippen molar-refractivity contribution in [1.29, 1.82) is 5.26 Å². The number of amides is 2. The number of nitrogens with one attached hydrogen (secondary N) is 3. The first-order valence-corrected chi connectivity index (χ1v) is 11.7. The fourth-order valence-electron chi connectivity index (χ4n) is 5.64. The van der Waals surface area contributed by atoms with Gasteiger partial charge in [-0.05, 0) is 43.5 Å². The molecule has 1 aromatic heterocycles. The first kappa shape index (κ1) is 22.4. The van der Waals surface area contributed by atoms with Crippen molar-refractivity contribution in [3.05, 3.63) is 36.5 Å². The van der Waals surface area contributed by atoms with Gasteiger partial charge in [-0.3, -0.25) is 9.78 Å². The maximum Gasteiger partial charge on any atom is 0.409 e. The Balaban J connectivity index is 1.41. The van der Waals surface area contributed by atoms with Gasteiger partial charge in [0.1, 0.15) is 6.17 Å². The molecule has 1 aromatic carbocycles. The van der Waals surface area contributed by atoms with Gasteiger partial charge in [-0.1, -0.05) is 6.07 Å². The number of aromatic nitrogens is 1. The summed E-state index contributed by atoms with van der Waals surface area (Å²) in [7, 11) is 1.38. The second-order valence-corrected chi connectivity index (χ2v) is 9.22. The fraction of sp³-hybridized carbons (Fsp3) is 0.500. The normalized spacial score (nSPS) is 26.4. The summed E-state index contributed by atoms with van der Waals surface area (Å²) in [6, 6.07) is 12.2. The molecule has 3 N–H and O–H groups in total. The van der Waals surface area contributed by atoms with Crippen LogP contribution in [0, 0.1) is 17.2 Å². The maximum atomic E-state index is 13.0. The van der Waals surface area contributed by atoms with Gasteiger partial charge in [0, 0.05) is 42.9 Å². The van der Waals surface area contributed by atoms with Crippen LogP contribution < -0.4 is 16.1 Å².